The van der Waals surface area contributed by atoms with Gasteiger partial charge in [-0.25, -0.2) is 4.79 Å². The average molecular weight is 467 g/mol. The SMILES string of the molecule is CCOC(=O)c1cc(CN(CCCc2ccccc2)C(=O)c2cc(OC)c(C)c(OC)c2)on1. The van der Waals surface area contributed by atoms with Crippen molar-refractivity contribution in [2.24, 2.45) is 0 Å². The monoisotopic (exact) mass is 466 g/mol. The smallest absolute Gasteiger partial charge is 0.360 e. The summed E-state index contributed by atoms with van der Waals surface area (Å²) in [6.07, 6.45) is 1.56. The van der Waals surface area contributed by atoms with E-state index in [1.54, 1.807) is 38.2 Å². The number of carbonyl (C=O) groups excluding carboxylic acids is 2. The summed E-state index contributed by atoms with van der Waals surface area (Å²) in [4.78, 5) is 27.2. The second-order valence-corrected chi connectivity index (χ2v) is 7.72. The molecule has 0 saturated carbocycles. The van der Waals surface area contributed by atoms with Crippen LogP contribution in [-0.4, -0.2) is 49.3 Å². The van der Waals surface area contributed by atoms with Gasteiger partial charge in [0.1, 0.15) is 11.5 Å². The van der Waals surface area contributed by atoms with E-state index in [-0.39, 0.29) is 24.8 Å². The van der Waals surface area contributed by atoms with Gasteiger partial charge in [-0.1, -0.05) is 35.5 Å². The molecule has 8 heteroatoms. The molecule has 0 atom stereocenters. The van der Waals surface area contributed by atoms with E-state index in [2.05, 4.69) is 17.3 Å². The molecule has 0 aliphatic heterocycles. The number of carbonyl (C=O) groups is 2. The van der Waals surface area contributed by atoms with E-state index < -0.39 is 5.97 Å². The highest BCUT2D eigenvalue weighted by Gasteiger charge is 2.22. The summed E-state index contributed by atoms with van der Waals surface area (Å²) in [5.41, 5.74) is 2.51. The van der Waals surface area contributed by atoms with E-state index in [4.69, 9.17) is 18.7 Å². The molecule has 1 amide bonds. The van der Waals surface area contributed by atoms with Crippen molar-refractivity contribution in [3.8, 4) is 11.5 Å². The number of ether oxygens (including phenoxy) is 3. The molecule has 3 rings (SSSR count). The fourth-order valence-corrected chi connectivity index (χ4v) is 3.64. The number of methoxy groups -OCH3 is 2. The summed E-state index contributed by atoms with van der Waals surface area (Å²) in [6.45, 7) is 4.45. The Morgan fingerprint density at radius 2 is 1.71 bits per heavy atom. The van der Waals surface area contributed by atoms with E-state index in [0.29, 0.717) is 29.4 Å². The number of hydrogen-bond donors (Lipinski definition) is 0. The molecule has 0 radical (unpaired) electrons. The topological polar surface area (TPSA) is 91.1 Å². The van der Waals surface area contributed by atoms with Crippen molar-refractivity contribution in [3.05, 3.63) is 76.7 Å². The lowest BCUT2D eigenvalue weighted by molar-refractivity contribution is 0.0513. The summed E-state index contributed by atoms with van der Waals surface area (Å²) < 4.78 is 21.2. The lowest BCUT2D eigenvalue weighted by Gasteiger charge is -2.22. The fraction of sp³-hybridized carbons (Fsp3) is 0.346. The first kappa shape index (κ1) is 24.8. The van der Waals surface area contributed by atoms with Crippen molar-refractivity contribution in [3.63, 3.8) is 0 Å². The van der Waals surface area contributed by atoms with Crippen molar-refractivity contribution in [2.45, 2.75) is 33.2 Å². The fourth-order valence-electron chi connectivity index (χ4n) is 3.64. The zero-order chi connectivity index (χ0) is 24.5. The molecule has 34 heavy (non-hydrogen) atoms. The Morgan fingerprint density at radius 1 is 1.03 bits per heavy atom. The Balaban J connectivity index is 1.83. The molecule has 2 aromatic carbocycles. The van der Waals surface area contributed by atoms with Crippen LogP contribution in [0.25, 0.3) is 0 Å². The molecule has 0 bridgehead atoms. The number of aromatic nitrogens is 1. The normalized spacial score (nSPS) is 10.6. The third-order valence-electron chi connectivity index (χ3n) is 5.41. The van der Waals surface area contributed by atoms with Crippen molar-refractivity contribution < 1.29 is 28.3 Å². The molecule has 0 unspecified atom stereocenters. The number of benzene rings is 2. The summed E-state index contributed by atoms with van der Waals surface area (Å²) in [7, 11) is 3.11. The number of rotatable bonds is 11. The average Bonchev–Trinajstić information content (AvgIpc) is 3.33. The third kappa shape index (κ3) is 6.15. The van der Waals surface area contributed by atoms with Crippen LogP contribution in [0.5, 0.6) is 11.5 Å². The van der Waals surface area contributed by atoms with E-state index in [9.17, 15) is 9.59 Å². The minimum Gasteiger partial charge on any atom is -0.496 e. The van der Waals surface area contributed by atoms with Crippen LogP contribution in [0.2, 0.25) is 0 Å². The molecule has 1 heterocycles. The number of aryl methyl sites for hydroxylation is 1. The number of amides is 1. The lowest BCUT2D eigenvalue weighted by Crippen LogP contribution is -2.31. The summed E-state index contributed by atoms with van der Waals surface area (Å²) in [6, 6.07) is 15.0. The molecule has 0 saturated heterocycles. The Morgan fingerprint density at radius 3 is 2.32 bits per heavy atom. The first-order valence-electron chi connectivity index (χ1n) is 11.1. The van der Waals surface area contributed by atoms with Crippen LogP contribution in [0.15, 0.2) is 53.1 Å². The van der Waals surface area contributed by atoms with Gasteiger partial charge >= 0.3 is 5.97 Å². The first-order chi connectivity index (χ1) is 16.5. The molecule has 0 fully saturated rings. The van der Waals surface area contributed by atoms with Crippen LogP contribution in [0.3, 0.4) is 0 Å². The first-order valence-corrected chi connectivity index (χ1v) is 11.1. The van der Waals surface area contributed by atoms with Crippen molar-refractivity contribution in [1.82, 2.24) is 10.1 Å². The zero-order valence-corrected chi connectivity index (χ0v) is 20.0. The van der Waals surface area contributed by atoms with Crippen LogP contribution in [0.1, 0.15) is 51.1 Å². The van der Waals surface area contributed by atoms with Crippen molar-refractivity contribution in [2.75, 3.05) is 27.4 Å². The Bertz CT molecular complexity index is 1080. The molecule has 0 spiro atoms. The van der Waals surface area contributed by atoms with Gasteiger partial charge in [-0.2, -0.15) is 0 Å². The van der Waals surface area contributed by atoms with Gasteiger partial charge in [-0.05, 0) is 44.4 Å². The highest BCUT2D eigenvalue weighted by Crippen LogP contribution is 2.30. The lowest BCUT2D eigenvalue weighted by atomic mass is 10.1. The predicted octanol–water partition coefficient (Wildman–Crippen LogP) is 4.45. The van der Waals surface area contributed by atoms with Gasteiger partial charge in [0.25, 0.3) is 5.91 Å². The van der Waals surface area contributed by atoms with Gasteiger partial charge < -0.3 is 23.6 Å². The molecule has 0 aliphatic carbocycles. The Hall–Kier alpha value is -3.81. The quantitative estimate of drug-likeness (QED) is 0.386. The van der Waals surface area contributed by atoms with E-state index in [0.717, 1.165) is 18.4 Å². The highest BCUT2D eigenvalue weighted by atomic mass is 16.5. The Kier molecular flexibility index (Phi) is 8.67. The van der Waals surface area contributed by atoms with Gasteiger partial charge in [-0.15, -0.1) is 0 Å². The molecule has 180 valence electrons. The largest absolute Gasteiger partial charge is 0.496 e. The summed E-state index contributed by atoms with van der Waals surface area (Å²) in [5, 5.41) is 3.79. The molecular weight excluding hydrogens is 436 g/mol. The minimum atomic E-state index is -0.563. The van der Waals surface area contributed by atoms with E-state index >= 15 is 0 Å². The van der Waals surface area contributed by atoms with E-state index in [1.165, 1.54) is 11.6 Å². The molecule has 3 aromatic rings. The summed E-state index contributed by atoms with van der Waals surface area (Å²) >= 11 is 0. The second-order valence-electron chi connectivity index (χ2n) is 7.72. The maximum atomic E-state index is 13.5. The van der Waals surface area contributed by atoms with Crippen LogP contribution < -0.4 is 9.47 Å². The molecular formula is C26H30N2O6. The molecule has 0 aliphatic rings. The van der Waals surface area contributed by atoms with Crippen LogP contribution in [-0.2, 0) is 17.7 Å². The van der Waals surface area contributed by atoms with Crippen LogP contribution in [0, 0.1) is 6.92 Å². The van der Waals surface area contributed by atoms with Gasteiger partial charge in [-0.3, -0.25) is 4.79 Å². The summed E-state index contributed by atoms with van der Waals surface area (Å²) in [5.74, 6) is 0.751. The van der Waals surface area contributed by atoms with Gasteiger partial charge in [0.2, 0.25) is 0 Å². The highest BCUT2D eigenvalue weighted by molar-refractivity contribution is 5.95. The number of hydrogen-bond acceptors (Lipinski definition) is 7. The second kappa shape index (κ2) is 11.9. The molecule has 8 nitrogen and oxygen atoms in total. The van der Waals surface area contributed by atoms with Gasteiger partial charge in [0.15, 0.2) is 11.5 Å². The zero-order valence-electron chi connectivity index (χ0n) is 20.0. The van der Waals surface area contributed by atoms with Crippen molar-refractivity contribution >= 4 is 11.9 Å². The maximum Gasteiger partial charge on any atom is 0.360 e. The molecule has 0 N–H and O–H groups in total. The predicted molar refractivity (Wildman–Crippen MR) is 126 cm³/mol. The number of esters is 1. The maximum absolute atomic E-state index is 13.5. The molecule has 1 aromatic heterocycles. The van der Waals surface area contributed by atoms with Crippen molar-refractivity contribution in [1.29, 1.82) is 0 Å². The van der Waals surface area contributed by atoms with Gasteiger partial charge in [0, 0.05) is 23.7 Å². The standard InChI is InChI=1S/C26H30N2O6/c1-5-33-26(30)22-16-21(34-27-22)17-28(13-9-12-19-10-7-6-8-11-19)25(29)20-14-23(31-3)18(2)24(15-20)32-4/h6-8,10-11,14-16H,5,9,12-13,17H2,1-4H3. The van der Waals surface area contributed by atoms with Crippen LogP contribution >= 0.6 is 0 Å². The Labute approximate surface area is 199 Å². The number of nitrogens with zero attached hydrogens (tertiary/aromatic N) is 2. The van der Waals surface area contributed by atoms with Crippen LogP contribution in [0.4, 0.5) is 0 Å². The van der Waals surface area contributed by atoms with Gasteiger partial charge in [0.05, 0.1) is 27.4 Å². The third-order valence-corrected chi connectivity index (χ3v) is 5.41. The van der Waals surface area contributed by atoms with E-state index in [1.807, 2.05) is 25.1 Å². The minimum absolute atomic E-state index is 0.0761.